The van der Waals surface area contributed by atoms with Gasteiger partial charge in [-0.1, -0.05) is 24.1 Å². The van der Waals surface area contributed by atoms with Crippen molar-refractivity contribution in [3.63, 3.8) is 0 Å². The second-order valence-corrected chi connectivity index (χ2v) is 9.46. The van der Waals surface area contributed by atoms with Gasteiger partial charge in [-0.3, -0.25) is 14.4 Å². The molecule has 0 spiro atoms. The molecule has 2 amide bonds. The topological polar surface area (TPSA) is 79.8 Å². The van der Waals surface area contributed by atoms with E-state index in [1.54, 1.807) is 16.7 Å². The number of likely N-dealkylation sites (tertiary alicyclic amines) is 2. The number of hydrogen-bond acceptors (Lipinski definition) is 6. The first-order valence-electron chi connectivity index (χ1n) is 11.8. The summed E-state index contributed by atoms with van der Waals surface area (Å²) in [6.45, 7) is 4.54. The van der Waals surface area contributed by atoms with Crippen LogP contribution in [0.15, 0.2) is 35.7 Å². The normalized spacial score (nSPS) is 17.1. The fourth-order valence-corrected chi connectivity index (χ4v) is 5.33. The summed E-state index contributed by atoms with van der Waals surface area (Å²) in [7, 11) is 0. The molecule has 34 heavy (non-hydrogen) atoms. The van der Waals surface area contributed by atoms with Crippen molar-refractivity contribution in [1.29, 1.82) is 0 Å². The van der Waals surface area contributed by atoms with Gasteiger partial charge in [0.2, 0.25) is 0 Å². The SMILES string of the molecule is CCOC(=O)C1CCN(C(=O)c2csc(C3CCN(C(=O)C#Cc4ccccc4)CC3)n2)CC1. The van der Waals surface area contributed by atoms with E-state index in [0.717, 1.165) is 23.4 Å². The molecule has 3 heterocycles. The van der Waals surface area contributed by atoms with Gasteiger partial charge in [-0.15, -0.1) is 11.3 Å². The number of aromatic nitrogens is 1. The molecule has 2 saturated heterocycles. The van der Waals surface area contributed by atoms with Crippen LogP contribution in [0.5, 0.6) is 0 Å². The average molecular weight is 480 g/mol. The van der Waals surface area contributed by atoms with E-state index in [1.807, 2.05) is 35.7 Å². The number of hydrogen-bond donors (Lipinski definition) is 0. The maximum atomic E-state index is 12.9. The number of ether oxygens (including phenoxy) is 1. The Hall–Kier alpha value is -3.18. The van der Waals surface area contributed by atoms with Crippen molar-refractivity contribution in [3.8, 4) is 11.8 Å². The maximum absolute atomic E-state index is 12.9. The molecule has 1 aromatic carbocycles. The molecule has 0 aliphatic carbocycles. The molecule has 0 atom stereocenters. The zero-order chi connectivity index (χ0) is 23.9. The quantitative estimate of drug-likeness (QED) is 0.497. The van der Waals surface area contributed by atoms with E-state index in [9.17, 15) is 14.4 Å². The summed E-state index contributed by atoms with van der Waals surface area (Å²) >= 11 is 1.51. The average Bonchev–Trinajstić information content (AvgIpc) is 3.38. The standard InChI is InChI=1S/C26H29N3O4S/c1-2-33-26(32)21-12-16-29(17-13-21)25(31)22-18-34-24(27-22)20-10-14-28(15-11-20)23(30)9-8-19-6-4-3-5-7-19/h3-7,18,20-21H,2,10-17H2,1H3. The summed E-state index contributed by atoms with van der Waals surface area (Å²) in [5.74, 6) is 5.40. The van der Waals surface area contributed by atoms with Crippen LogP contribution in [0.2, 0.25) is 0 Å². The number of amides is 2. The molecular weight excluding hydrogens is 450 g/mol. The molecule has 4 rings (SSSR count). The van der Waals surface area contributed by atoms with Crippen molar-refractivity contribution in [2.45, 2.75) is 38.5 Å². The number of carbonyl (C=O) groups is 3. The highest BCUT2D eigenvalue weighted by Gasteiger charge is 2.30. The Morgan fingerprint density at radius 1 is 1.03 bits per heavy atom. The van der Waals surface area contributed by atoms with Crippen LogP contribution in [0, 0.1) is 17.8 Å². The lowest BCUT2D eigenvalue weighted by atomic mass is 9.96. The number of benzene rings is 1. The second kappa shape index (κ2) is 11.3. The van der Waals surface area contributed by atoms with Crippen LogP contribution in [0.3, 0.4) is 0 Å². The van der Waals surface area contributed by atoms with E-state index in [0.29, 0.717) is 51.3 Å². The van der Waals surface area contributed by atoms with E-state index >= 15 is 0 Å². The fraction of sp³-hybridized carbons (Fsp3) is 0.462. The minimum atomic E-state index is -0.165. The highest BCUT2D eigenvalue weighted by Crippen LogP contribution is 2.31. The van der Waals surface area contributed by atoms with Crippen LogP contribution in [0.1, 0.15) is 59.6 Å². The molecule has 1 aromatic heterocycles. The number of rotatable bonds is 4. The number of piperidine rings is 2. The molecular formula is C26H29N3O4S. The van der Waals surface area contributed by atoms with Gasteiger partial charge in [0.1, 0.15) is 5.69 Å². The van der Waals surface area contributed by atoms with Crippen molar-refractivity contribution in [2.24, 2.45) is 5.92 Å². The van der Waals surface area contributed by atoms with Crippen molar-refractivity contribution in [1.82, 2.24) is 14.8 Å². The first-order chi connectivity index (χ1) is 16.5. The lowest BCUT2D eigenvalue weighted by Crippen LogP contribution is -2.40. The van der Waals surface area contributed by atoms with Gasteiger partial charge < -0.3 is 14.5 Å². The second-order valence-electron chi connectivity index (χ2n) is 8.57. The Labute approximate surface area is 204 Å². The maximum Gasteiger partial charge on any atom is 0.309 e. The van der Waals surface area contributed by atoms with Crippen LogP contribution >= 0.6 is 11.3 Å². The predicted octanol–water partition coefficient (Wildman–Crippen LogP) is 3.32. The van der Waals surface area contributed by atoms with Gasteiger partial charge in [-0.25, -0.2) is 4.98 Å². The van der Waals surface area contributed by atoms with E-state index in [-0.39, 0.29) is 29.6 Å². The Morgan fingerprint density at radius 3 is 2.38 bits per heavy atom. The lowest BCUT2D eigenvalue weighted by Gasteiger charge is -2.30. The van der Waals surface area contributed by atoms with E-state index in [4.69, 9.17) is 4.74 Å². The summed E-state index contributed by atoms with van der Waals surface area (Å²) in [5.41, 5.74) is 1.30. The van der Waals surface area contributed by atoms with Gasteiger partial charge in [0.25, 0.3) is 11.8 Å². The Bertz CT molecular complexity index is 1070. The summed E-state index contributed by atoms with van der Waals surface area (Å²) in [6, 6.07) is 9.49. The zero-order valence-electron chi connectivity index (χ0n) is 19.4. The molecule has 178 valence electrons. The van der Waals surface area contributed by atoms with Crippen LogP contribution in [-0.2, 0) is 14.3 Å². The van der Waals surface area contributed by atoms with Crippen molar-refractivity contribution < 1.29 is 19.1 Å². The Balaban J connectivity index is 1.27. The molecule has 2 aliphatic heterocycles. The third-order valence-electron chi connectivity index (χ3n) is 6.36. The van der Waals surface area contributed by atoms with Gasteiger partial charge in [-0.05, 0) is 44.7 Å². The van der Waals surface area contributed by atoms with Gasteiger partial charge >= 0.3 is 5.97 Å². The summed E-state index contributed by atoms with van der Waals surface area (Å²) in [5, 5.41) is 2.78. The predicted molar refractivity (Wildman–Crippen MR) is 129 cm³/mol. The Kier molecular flexibility index (Phi) is 7.96. The lowest BCUT2D eigenvalue weighted by molar-refractivity contribution is -0.149. The molecule has 0 bridgehead atoms. The summed E-state index contributed by atoms with van der Waals surface area (Å²) < 4.78 is 5.10. The highest BCUT2D eigenvalue weighted by molar-refractivity contribution is 7.09. The molecule has 8 heteroatoms. The minimum absolute atomic E-state index is 0.0754. The summed E-state index contributed by atoms with van der Waals surface area (Å²) in [6.07, 6.45) is 2.87. The van der Waals surface area contributed by atoms with Crippen LogP contribution < -0.4 is 0 Å². The molecule has 2 fully saturated rings. The Morgan fingerprint density at radius 2 is 1.71 bits per heavy atom. The first-order valence-corrected chi connectivity index (χ1v) is 12.7. The van der Waals surface area contributed by atoms with Gasteiger partial charge in [0.05, 0.1) is 17.5 Å². The molecule has 0 unspecified atom stereocenters. The van der Waals surface area contributed by atoms with Crippen molar-refractivity contribution in [3.05, 3.63) is 52.0 Å². The smallest absolute Gasteiger partial charge is 0.309 e. The molecule has 2 aromatic rings. The fourth-order valence-electron chi connectivity index (χ4n) is 4.37. The molecule has 0 N–H and O–H groups in total. The first kappa shape index (κ1) is 24.0. The van der Waals surface area contributed by atoms with Crippen molar-refractivity contribution in [2.75, 3.05) is 32.8 Å². The highest BCUT2D eigenvalue weighted by atomic mass is 32.1. The number of esters is 1. The largest absolute Gasteiger partial charge is 0.466 e. The van der Waals surface area contributed by atoms with E-state index in [1.165, 1.54) is 11.3 Å². The number of nitrogens with zero attached hydrogens (tertiary/aromatic N) is 3. The molecule has 7 nitrogen and oxygen atoms in total. The van der Waals surface area contributed by atoms with Gasteiger partial charge in [-0.2, -0.15) is 0 Å². The van der Waals surface area contributed by atoms with Crippen LogP contribution in [-0.4, -0.2) is 65.4 Å². The van der Waals surface area contributed by atoms with Crippen LogP contribution in [0.4, 0.5) is 0 Å². The van der Waals surface area contributed by atoms with E-state index in [2.05, 4.69) is 16.8 Å². The molecule has 0 radical (unpaired) electrons. The van der Waals surface area contributed by atoms with Crippen LogP contribution in [0.25, 0.3) is 0 Å². The third-order valence-corrected chi connectivity index (χ3v) is 7.37. The van der Waals surface area contributed by atoms with Gasteiger partial charge in [0.15, 0.2) is 0 Å². The third kappa shape index (κ3) is 5.84. The number of thiazole rings is 1. The number of carbonyl (C=O) groups excluding carboxylic acids is 3. The van der Waals surface area contributed by atoms with Crippen molar-refractivity contribution >= 4 is 29.1 Å². The molecule has 2 aliphatic rings. The minimum Gasteiger partial charge on any atom is -0.466 e. The molecule has 0 saturated carbocycles. The van der Waals surface area contributed by atoms with E-state index < -0.39 is 0 Å². The summed E-state index contributed by atoms with van der Waals surface area (Å²) in [4.78, 5) is 45.5. The monoisotopic (exact) mass is 479 g/mol. The zero-order valence-corrected chi connectivity index (χ0v) is 20.2. The van der Waals surface area contributed by atoms with Gasteiger partial charge in [0, 0.05) is 49.0 Å².